The molecule has 152 valence electrons. The van der Waals surface area contributed by atoms with Crippen molar-refractivity contribution in [2.45, 2.75) is 101 Å². The van der Waals surface area contributed by atoms with E-state index in [4.69, 9.17) is 4.74 Å². The van der Waals surface area contributed by atoms with Gasteiger partial charge >= 0.3 is 5.97 Å². The van der Waals surface area contributed by atoms with Gasteiger partial charge in [-0.15, -0.1) is 11.8 Å². The minimum atomic E-state index is -0.354. The first kappa shape index (κ1) is 22.3. The first-order valence-electron chi connectivity index (χ1n) is 10.7. The summed E-state index contributed by atoms with van der Waals surface area (Å²) < 4.78 is 5.28. The molecule has 3 atom stereocenters. The van der Waals surface area contributed by atoms with E-state index < -0.39 is 0 Å². The van der Waals surface area contributed by atoms with E-state index in [0.29, 0.717) is 6.42 Å². The minimum absolute atomic E-state index is 0.122. The molecule has 1 aliphatic heterocycles. The van der Waals surface area contributed by atoms with Gasteiger partial charge in [-0.1, -0.05) is 95.0 Å². The summed E-state index contributed by atoms with van der Waals surface area (Å²) in [5.41, 5.74) is 1.22. The van der Waals surface area contributed by atoms with E-state index >= 15 is 0 Å². The van der Waals surface area contributed by atoms with Crippen LogP contribution in [-0.4, -0.2) is 28.5 Å². The minimum Gasteiger partial charge on any atom is -0.460 e. The van der Waals surface area contributed by atoms with Crippen molar-refractivity contribution in [2.24, 2.45) is 0 Å². The summed E-state index contributed by atoms with van der Waals surface area (Å²) >= 11 is 1.63. The van der Waals surface area contributed by atoms with Crippen LogP contribution < -0.4 is 0 Å². The number of esters is 1. The van der Waals surface area contributed by atoms with Crippen LogP contribution in [0.5, 0.6) is 0 Å². The summed E-state index contributed by atoms with van der Waals surface area (Å²) in [4.78, 5) is 11.7. The standard InChI is InChI=1S/C23H36O3S/c1-2-3-4-5-6-7-8-9-13-16-20(24)17-21-22(23(25)26-21)27-18-19-14-11-10-12-15-19/h10-12,14-15,20-22,24H,2-9,13,16-18H2,1H3/t20?,21-,22-/m1/s1. The Hall–Kier alpha value is -1.00. The molecule has 4 heteroatoms. The Morgan fingerprint density at radius 3 is 2.26 bits per heavy atom. The van der Waals surface area contributed by atoms with Crippen molar-refractivity contribution in [3.63, 3.8) is 0 Å². The van der Waals surface area contributed by atoms with Gasteiger partial charge in [0.05, 0.1) is 6.10 Å². The zero-order valence-corrected chi connectivity index (χ0v) is 17.6. The van der Waals surface area contributed by atoms with Crippen LogP contribution in [0.3, 0.4) is 0 Å². The van der Waals surface area contributed by atoms with Crippen LogP contribution in [0.15, 0.2) is 30.3 Å². The molecule has 1 heterocycles. The van der Waals surface area contributed by atoms with Crippen LogP contribution in [0.2, 0.25) is 0 Å². The number of rotatable bonds is 15. The molecule has 1 aromatic carbocycles. The number of benzene rings is 1. The molecule has 0 bridgehead atoms. The molecule has 27 heavy (non-hydrogen) atoms. The first-order valence-corrected chi connectivity index (χ1v) is 11.8. The van der Waals surface area contributed by atoms with Gasteiger partial charge in [0, 0.05) is 12.2 Å². The van der Waals surface area contributed by atoms with E-state index in [1.165, 1.54) is 56.9 Å². The number of carbonyl (C=O) groups excluding carboxylic acids is 1. The van der Waals surface area contributed by atoms with Crippen molar-refractivity contribution in [1.29, 1.82) is 0 Å². The van der Waals surface area contributed by atoms with Gasteiger partial charge in [0.1, 0.15) is 11.4 Å². The Bertz CT molecular complexity index is 520. The van der Waals surface area contributed by atoms with Crippen LogP contribution >= 0.6 is 11.8 Å². The summed E-state index contributed by atoms with van der Waals surface area (Å²) in [7, 11) is 0. The van der Waals surface area contributed by atoms with Gasteiger partial charge in [-0.25, -0.2) is 0 Å². The Morgan fingerprint density at radius 1 is 1.00 bits per heavy atom. The molecule has 1 N–H and O–H groups in total. The monoisotopic (exact) mass is 392 g/mol. The maximum Gasteiger partial charge on any atom is 0.323 e. The molecule has 0 aromatic heterocycles. The van der Waals surface area contributed by atoms with E-state index in [9.17, 15) is 9.90 Å². The highest BCUT2D eigenvalue weighted by molar-refractivity contribution is 8.00. The van der Waals surface area contributed by atoms with Crippen LogP contribution in [0.25, 0.3) is 0 Å². The molecule has 0 radical (unpaired) electrons. The molecular weight excluding hydrogens is 356 g/mol. The van der Waals surface area contributed by atoms with Crippen molar-refractivity contribution < 1.29 is 14.6 Å². The predicted molar refractivity (Wildman–Crippen MR) is 114 cm³/mol. The third-order valence-corrected chi connectivity index (χ3v) is 6.61. The highest BCUT2D eigenvalue weighted by Gasteiger charge is 2.43. The normalized spacial score (nSPS) is 20.1. The predicted octanol–water partition coefficient (Wildman–Crippen LogP) is 5.89. The fourth-order valence-corrected chi connectivity index (χ4v) is 4.68. The fourth-order valence-electron chi connectivity index (χ4n) is 3.54. The van der Waals surface area contributed by atoms with Crippen molar-refractivity contribution in [2.75, 3.05) is 0 Å². The quantitative estimate of drug-likeness (QED) is 0.299. The van der Waals surface area contributed by atoms with Crippen molar-refractivity contribution in [3.8, 4) is 0 Å². The zero-order chi connectivity index (χ0) is 19.3. The third kappa shape index (κ3) is 8.69. The number of aliphatic hydroxyl groups excluding tert-OH is 1. The average molecular weight is 393 g/mol. The number of hydrogen-bond acceptors (Lipinski definition) is 4. The molecule has 1 saturated heterocycles. The van der Waals surface area contributed by atoms with Gasteiger partial charge in [0.25, 0.3) is 0 Å². The molecule has 2 rings (SSSR count). The summed E-state index contributed by atoms with van der Waals surface area (Å²) in [5, 5.41) is 10.2. The summed E-state index contributed by atoms with van der Waals surface area (Å²) in [6, 6.07) is 10.2. The number of hydrogen-bond donors (Lipinski definition) is 1. The number of cyclic esters (lactones) is 1. The second kappa shape index (κ2) is 13.2. The van der Waals surface area contributed by atoms with Crippen molar-refractivity contribution in [1.82, 2.24) is 0 Å². The highest BCUT2D eigenvalue weighted by Crippen LogP contribution is 2.33. The lowest BCUT2D eigenvalue weighted by molar-refractivity contribution is -0.169. The molecule has 0 aliphatic carbocycles. The van der Waals surface area contributed by atoms with Crippen LogP contribution in [0.4, 0.5) is 0 Å². The highest BCUT2D eigenvalue weighted by atomic mass is 32.2. The third-order valence-electron chi connectivity index (χ3n) is 5.26. The number of carbonyl (C=O) groups is 1. The van der Waals surface area contributed by atoms with Crippen molar-refractivity contribution >= 4 is 17.7 Å². The van der Waals surface area contributed by atoms with E-state index in [1.54, 1.807) is 11.8 Å². The van der Waals surface area contributed by atoms with E-state index in [1.807, 2.05) is 18.2 Å². The smallest absolute Gasteiger partial charge is 0.323 e. The maximum absolute atomic E-state index is 11.7. The number of unbranched alkanes of at least 4 members (excludes halogenated alkanes) is 8. The lowest BCUT2D eigenvalue weighted by Gasteiger charge is -2.35. The van der Waals surface area contributed by atoms with Crippen LogP contribution in [0.1, 0.15) is 83.1 Å². The van der Waals surface area contributed by atoms with E-state index in [0.717, 1.165) is 18.6 Å². The maximum atomic E-state index is 11.7. The zero-order valence-electron chi connectivity index (χ0n) is 16.8. The second-order valence-corrected chi connectivity index (χ2v) is 8.83. The van der Waals surface area contributed by atoms with Gasteiger partial charge < -0.3 is 9.84 Å². The molecule has 3 nitrogen and oxygen atoms in total. The molecular formula is C23H36O3S. The Balaban J connectivity index is 1.52. The largest absolute Gasteiger partial charge is 0.460 e. The second-order valence-electron chi connectivity index (χ2n) is 7.70. The summed E-state index contributed by atoms with van der Waals surface area (Å²) in [6.45, 7) is 2.25. The van der Waals surface area contributed by atoms with Gasteiger partial charge in [-0.05, 0) is 12.0 Å². The Morgan fingerprint density at radius 2 is 1.63 bits per heavy atom. The van der Waals surface area contributed by atoms with Crippen molar-refractivity contribution in [3.05, 3.63) is 35.9 Å². The lowest BCUT2D eigenvalue weighted by atomic mass is 9.99. The summed E-state index contributed by atoms with van der Waals surface area (Å²) in [6.07, 6.45) is 12.5. The topological polar surface area (TPSA) is 46.5 Å². The van der Waals surface area contributed by atoms with Gasteiger partial charge in [0.15, 0.2) is 0 Å². The van der Waals surface area contributed by atoms with Gasteiger partial charge in [-0.2, -0.15) is 0 Å². The lowest BCUT2D eigenvalue weighted by Crippen LogP contribution is -2.49. The molecule has 0 saturated carbocycles. The van der Waals surface area contributed by atoms with E-state index in [-0.39, 0.29) is 23.4 Å². The van der Waals surface area contributed by atoms with E-state index in [2.05, 4.69) is 19.1 Å². The first-order chi connectivity index (χ1) is 13.2. The van der Waals surface area contributed by atoms with Crippen LogP contribution in [0, 0.1) is 0 Å². The Labute approximate surface area is 169 Å². The number of thioether (sulfide) groups is 1. The molecule has 0 amide bonds. The molecule has 0 spiro atoms. The average Bonchev–Trinajstić information content (AvgIpc) is 2.67. The SMILES string of the molecule is CCCCCCCCCCCC(O)C[C@H]1OC(=O)[C@@H]1SCc1ccccc1. The van der Waals surface area contributed by atoms with Gasteiger partial charge in [-0.3, -0.25) is 4.79 Å². The van der Waals surface area contributed by atoms with Crippen LogP contribution in [-0.2, 0) is 15.3 Å². The molecule has 1 aromatic rings. The summed E-state index contributed by atoms with van der Waals surface area (Å²) in [5.74, 6) is 0.682. The molecule has 1 unspecified atom stereocenters. The number of aliphatic hydroxyl groups is 1. The van der Waals surface area contributed by atoms with Gasteiger partial charge in [0.2, 0.25) is 0 Å². The number of ether oxygens (including phenoxy) is 1. The Kier molecular flexibility index (Phi) is 10.9. The molecule has 1 fully saturated rings. The molecule has 1 aliphatic rings. The fraction of sp³-hybridized carbons (Fsp3) is 0.696.